The van der Waals surface area contributed by atoms with Gasteiger partial charge in [-0.25, -0.2) is 0 Å². The van der Waals surface area contributed by atoms with Gasteiger partial charge in [-0.1, -0.05) is 28.9 Å². The molecule has 2 rings (SSSR count). The highest BCUT2D eigenvalue weighted by Gasteiger charge is 2.11. The summed E-state index contributed by atoms with van der Waals surface area (Å²) in [5.74, 6) is 1.13. The minimum Gasteiger partial charge on any atom is -0.493 e. The number of nitrogens with zero attached hydrogens (tertiary/aromatic N) is 1. The van der Waals surface area contributed by atoms with Crippen LogP contribution >= 0.6 is 27.5 Å². The third-order valence-corrected chi connectivity index (χ3v) is 3.60. The van der Waals surface area contributed by atoms with Crippen LogP contribution in [0.5, 0.6) is 11.5 Å². The zero-order valence-electron chi connectivity index (χ0n) is 11.2. The van der Waals surface area contributed by atoms with Gasteiger partial charge in [-0.2, -0.15) is 0 Å². The van der Waals surface area contributed by atoms with Crippen LogP contribution in [-0.4, -0.2) is 18.5 Å². The second kappa shape index (κ2) is 7.33. The number of halogens is 2. The van der Waals surface area contributed by atoms with Crippen molar-refractivity contribution in [2.75, 3.05) is 7.11 Å². The fourth-order valence-electron chi connectivity index (χ4n) is 1.76. The van der Waals surface area contributed by atoms with Crippen LogP contribution in [0.3, 0.4) is 0 Å². The summed E-state index contributed by atoms with van der Waals surface area (Å²) in [6.45, 7) is 0.388. The lowest BCUT2D eigenvalue weighted by Gasteiger charge is -2.13. The molecule has 0 spiro atoms. The smallest absolute Gasteiger partial charge is 0.175 e. The largest absolute Gasteiger partial charge is 0.493 e. The Morgan fingerprint density at radius 3 is 2.62 bits per heavy atom. The topological polar surface area (TPSA) is 51.0 Å². The summed E-state index contributed by atoms with van der Waals surface area (Å²) >= 11 is 9.27. The monoisotopic (exact) mass is 369 g/mol. The highest BCUT2D eigenvalue weighted by molar-refractivity contribution is 9.10. The maximum atomic E-state index is 8.59. The molecule has 0 bridgehead atoms. The second-order valence-electron chi connectivity index (χ2n) is 4.19. The van der Waals surface area contributed by atoms with Crippen LogP contribution in [0.2, 0.25) is 5.02 Å². The first-order valence-corrected chi connectivity index (χ1v) is 7.23. The van der Waals surface area contributed by atoms with Crippen molar-refractivity contribution in [3.8, 4) is 11.5 Å². The van der Waals surface area contributed by atoms with E-state index in [1.165, 1.54) is 6.21 Å². The van der Waals surface area contributed by atoms with Crippen molar-refractivity contribution in [3.63, 3.8) is 0 Å². The third kappa shape index (κ3) is 4.12. The van der Waals surface area contributed by atoms with Crippen LogP contribution < -0.4 is 9.47 Å². The third-order valence-electron chi connectivity index (χ3n) is 2.76. The van der Waals surface area contributed by atoms with Crippen LogP contribution in [0.15, 0.2) is 46.0 Å². The van der Waals surface area contributed by atoms with E-state index in [0.29, 0.717) is 33.2 Å². The number of benzene rings is 2. The van der Waals surface area contributed by atoms with E-state index in [1.807, 2.05) is 24.3 Å². The fraction of sp³-hybridized carbons (Fsp3) is 0.133. The molecule has 1 N–H and O–H groups in total. The van der Waals surface area contributed by atoms with Crippen molar-refractivity contribution < 1.29 is 14.7 Å². The van der Waals surface area contributed by atoms with Gasteiger partial charge in [0.05, 0.1) is 17.8 Å². The fourth-order valence-corrected chi connectivity index (χ4v) is 2.46. The van der Waals surface area contributed by atoms with Gasteiger partial charge in [-0.05, 0) is 45.8 Å². The Morgan fingerprint density at radius 1 is 1.29 bits per heavy atom. The SMILES string of the molecule is COc1cc(/C=N/O)cc(Br)c1OCc1ccc(Cl)cc1. The lowest BCUT2D eigenvalue weighted by molar-refractivity contribution is 0.282. The lowest BCUT2D eigenvalue weighted by atomic mass is 10.2. The van der Waals surface area contributed by atoms with Crippen LogP contribution in [0.25, 0.3) is 0 Å². The highest BCUT2D eigenvalue weighted by atomic mass is 79.9. The second-order valence-corrected chi connectivity index (χ2v) is 5.48. The number of rotatable bonds is 5. The zero-order valence-corrected chi connectivity index (χ0v) is 13.6. The number of oxime groups is 1. The van der Waals surface area contributed by atoms with Gasteiger partial charge in [-0.3, -0.25) is 0 Å². The minimum atomic E-state index is 0.388. The molecular weight excluding hydrogens is 358 g/mol. The molecule has 4 nitrogen and oxygen atoms in total. The molecule has 2 aromatic carbocycles. The van der Waals surface area contributed by atoms with E-state index in [0.717, 1.165) is 5.56 Å². The summed E-state index contributed by atoms with van der Waals surface area (Å²) < 4.78 is 11.8. The zero-order chi connectivity index (χ0) is 15.2. The molecule has 0 aliphatic carbocycles. The molecule has 0 amide bonds. The van der Waals surface area contributed by atoms with E-state index in [-0.39, 0.29) is 0 Å². The van der Waals surface area contributed by atoms with E-state index in [4.69, 9.17) is 26.3 Å². The summed E-state index contributed by atoms with van der Waals surface area (Å²) in [6.07, 6.45) is 1.32. The maximum absolute atomic E-state index is 8.59. The molecule has 0 heterocycles. The summed E-state index contributed by atoms with van der Waals surface area (Å²) in [5.41, 5.74) is 1.69. The molecule has 6 heteroatoms. The Kier molecular flexibility index (Phi) is 5.47. The Hall–Kier alpha value is -1.72. The molecule has 0 saturated heterocycles. The Balaban J connectivity index is 2.20. The van der Waals surface area contributed by atoms with Crippen molar-refractivity contribution >= 4 is 33.7 Å². The molecule has 21 heavy (non-hydrogen) atoms. The molecular formula is C15H13BrClNO3. The molecule has 110 valence electrons. The van der Waals surface area contributed by atoms with Crippen molar-refractivity contribution in [1.29, 1.82) is 0 Å². The van der Waals surface area contributed by atoms with Crippen molar-refractivity contribution in [2.45, 2.75) is 6.61 Å². The van der Waals surface area contributed by atoms with Gasteiger partial charge in [0.2, 0.25) is 0 Å². The van der Waals surface area contributed by atoms with E-state index < -0.39 is 0 Å². The van der Waals surface area contributed by atoms with Gasteiger partial charge in [0.1, 0.15) is 6.61 Å². The molecule has 0 aliphatic rings. The summed E-state index contributed by atoms with van der Waals surface area (Å²) in [6, 6.07) is 10.9. The number of hydrogen-bond donors (Lipinski definition) is 1. The van der Waals surface area contributed by atoms with Crippen LogP contribution in [0, 0.1) is 0 Å². The van der Waals surface area contributed by atoms with Crippen LogP contribution in [0.4, 0.5) is 0 Å². The predicted molar refractivity (Wildman–Crippen MR) is 85.9 cm³/mol. The van der Waals surface area contributed by atoms with Gasteiger partial charge in [0.25, 0.3) is 0 Å². The standard InChI is InChI=1S/C15H13BrClNO3/c1-20-14-7-11(8-18-19)6-13(16)15(14)21-9-10-2-4-12(17)5-3-10/h2-8,19H,9H2,1H3/b18-8+. The normalized spacial score (nSPS) is 10.8. The summed E-state index contributed by atoms with van der Waals surface area (Å²) in [5, 5.41) is 12.3. The maximum Gasteiger partial charge on any atom is 0.175 e. The van der Waals surface area contributed by atoms with E-state index in [1.54, 1.807) is 19.2 Å². The molecule has 0 atom stereocenters. The van der Waals surface area contributed by atoms with E-state index in [9.17, 15) is 0 Å². The highest BCUT2D eigenvalue weighted by Crippen LogP contribution is 2.36. The first-order chi connectivity index (χ1) is 10.1. The van der Waals surface area contributed by atoms with Crippen molar-refractivity contribution in [3.05, 3.63) is 57.0 Å². The van der Waals surface area contributed by atoms with Gasteiger partial charge in [0.15, 0.2) is 11.5 Å². The van der Waals surface area contributed by atoms with E-state index in [2.05, 4.69) is 21.1 Å². The van der Waals surface area contributed by atoms with Gasteiger partial charge in [-0.15, -0.1) is 0 Å². The average Bonchev–Trinajstić information content (AvgIpc) is 2.47. The quantitative estimate of drug-likeness (QED) is 0.479. The molecule has 0 fully saturated rings. The molecule has 0 saturated carbocycles. The van der Waals surface area contributed by atoms with Gasteiger partial charge in [0, 0.05) is 10.6 Å². The Bertz CT molecular complexity index is 644. The minimum absolute atomic E-state index is 0.388. The summed E-state index contributed by atoms with van der Waals surface area (Å²) in [4.78, 5) is 0. The number of ether oxygens (including phenoxy) is 2. The molecule has 2 aromatic rings. The molecule has 0 radical (unpaired) electrons. The van der Waals surface area contributed by atoms with Crippen molar-refractivity contribution in [1.82, 2.24) is 0 Å². The molecule has 0 aromatic heterocycles. The molecule has 0 aliphatic heterocycles. The number of hydrogen-bond acceptors (Lipinski definition) is 4. The van der Waals surface area contributed by atoms with Gasteiger partial charge < -0.3 is 14.7 Å². The molecule has 0 unspecified atom stereocenters. The first kappa shape index (κ1) is 15.7. The predicted octanol–water partition coefficient (Wildman–Crippen LogP) is 4.50. The lowest BCUT2D eigenvalue weighted by Crippen LogP contribution is -1.99. The Labute approximate surface area is 136 Å². The Morgan fingerprint density at radius 2 is 2.00 bits per heavy atom. The number of methoxy groups -OCH3 is 1. The first-order valence-electron chi connectivity index (χ1n) is 6.06. The summed E-state index contributed by atoms with van der Waals surface area (Å²) in [7, 11) is 1.55. The van der Waals surface area contributed by atoms with Crippen molar-refractivity contribution in [2.24, 2.45) is 5.16 Å². The van der Waals surface area contributed by atoms with E-state index >= 15 is 0 Å². The average molecular weight is 371 g/mol. The van der Waals surface area contributed by atoms with Crippen LogP contribution in [-0.2, 0) is 6.61 Å². The van der Waals surface area contributed by atoms with Gasteiger partial charge >= 0.3 is 0 Å². The van der Waals surface area contributed by atoms with Crippen LogP contribution in [0.1, 0.15) is 11.1 Å².